The van der Waals surface area contributed by atoms with Crippen LogP contribution in [-0.4, -0.2) is 15.7 Å². The van der Waals surface area contributed by atoms with E-state index in [-0.39, 0.29) is 0 Å². The summed E-state index contributed by atoms with van der Waals surface area (Å²) in [5.74, 6) is 1.53. The highest BCUT2D eigenvalue weighted by Gasteiger charge is 2.15. The van der Waals surface area contributed by atoms with Crippen LogP contribution in [0.1, 0.15) is 12.8 Å². The van der Waals surface area contributed by atoms with E-state index in [0.717, 1.165) is 34.5 Å². The third-order valence-electron chi connectivity index (χ3n) is 2.26. The Morgan fingerprint density at radius 2 is 2.00 bits per heavy atom. The zero-order valence-electron chi connectivity index (χ0n) is 7.78. The number of benzene rings is 1. The maximum Gasteiger partial charge on any atom is 0.0741 e. The van der Waals surface area contributed by atoms with Gasteiger partial charge in [0.25, 0.3) is 0 Å². The van der Waals surface area contributed by atoms with E-state index in [0.29, 0.717) is 0 Å². The highest BCUT2D eigenvalue weighted by molar-refractivity contribution is 9.10. The van der Waals surface area contributed by atoms with Gasteiger partial charge in [0.1, 0.15) is 0 Å². The van der Waals surface area contributed by atoms with E-state index < -0.39 is 9.73 Å². The lowest BCUT2D eigenvalue weighted by atomic mass is 10.3. The van der Waals surface area contributed by atoms with E-state index in [1.165, 1.54) is 0 Å². The Morgan fingerprint density at radius 3 is 2.64 bits per heavy atom. The van der Waals surface area contributed by atoms with Crippen LogP contribution in [0.3, 0.4) is 0 Å². The molecule has 0 bridgehead atoms. The van der Waals surface area contributed by atoms with Crippen LogP contribution in [0.2, 0.25) is 0 Å². The summed E-state index contributed by atoms with van der Waals surface area (Å²) in [4.78, 5) is 0. The van der Waals surface area contributed by atoms with Gasteiger partial charge in [0.05, 0.1) is 15.4 Å². The zero-order chi connectivity index (χ0) is 10.0. The standard InChI is InChI=1S/C10H12BrNOS/c11-9-4-3-5-10(8-9)12-14(13)6-1-2-7-14/h3-5,8H,1-2,6-7H2. The van der Waals surface area contributed by atoms with Crippen molar-refractivity contribution in [1.29, 1.82) is 0 Å². The van der Waals surface area contributed by atoms with Crippen LogP contribution in [0, 0.1) is 0 Å². The molecular formula is C10H12BrNOS. The predicted octanol–water partition coefficient (Wildman–Crippen LogP) is 3.34. The number of hydrogen-bond acceptors (Lipinski definition) is 2. The lowest BCUT2D eigenvalue weighted by Gasteiger charge is -2.00. The molecule has 1 saturated heterocycles. The van der Waals surface area contributed by atoms with Gasteiger partial charge in [0, 0.05) is 16.0 Å². The smallest absolute Gasteiger partial charge is 0.0741 e. The first kappa shape index (κ1) is 10.2. The third-order valence-corrected chi connectivity index (χ3v) is 5.15. The molecule has 0 spiro atoms. The quantitative estimate of drug-likeness (QED) is 0.772. The van der Waals surface area contributed by atoms with Crippen LogP contribution in [0.15, 0.2) is 33.1 Å². The normalized spacial score (nSPS) is 19.5. The van der Waals surface area contributed by atoms with E-state index in [1.54, 1.807) is 0 Å². The first-order valence-electron chi connectivity index (χ1n) is 4.66. The van der Waals surface area contributed by atoms with Crippen molar-refractivity contribution in [3.05, 3.63) is 28.7 Å². The van der Waals surface area contributed by atoms with Crippen molar-refractivity contribution in [3.63, 3.8) is 0 Å². The van der Waals surface area contributed by atoms with E-state index >= 15 is 0 Å². The Labute approximate surface area is 93.0 Å². The molecule has 0 atom stereocenters. The Morgan fingerprint density at radius 1 is 1.29 bits per heavy atom. The lowest BCUT2D eigenvalue weighted by Crippen LogP contribution is -1.99. The van der Waals surface area contributed by atoms with Crippen molar-refractivity contribution in [2.24, 2.45) is 4.36 Å². The molecule has 1 aliphatic heterocycles. The van der Waals surface area contributed by atoms with Crippen molar-refractivity contribution < 1.29 is 4.21 Å². The molecule has 2 rings (SSSR count). The summed E-state index contributed by atoms with van der Waals surface area (Å²) < 4.78 is 17.4. The Hall–Kier alpha value is -0.350. The molecule has 0 saturated carbocycles. The molecule has 1 fully saturated rings. The second-order valence-electron chi connectivity index (χ2n) is 3.46. The van der Waals surface area contributed by atoms with Crippen molar-refractivity contribution >= 4 is 31.3 Å². The fourth-order valence-corrected chi connectivity index (χ4v) is 4.16. The van der Waals surface area contributed by atoms with Gasteiger partial charge in [-0.2, -0.15) is 4.36 Å². The maximum absolute atomic E-state index is 12.1. The lowest BCUT2D eigenvalue weighted by molar-refractivity contribution is 0.681. The molecule has 0 unspecified atom stereocenters. The summed E-state index contributed by atoms with van der Waals surface area (Å²) in [6, 6.07) is 7.67. The van der Waals surface area contributed by atoms with Gasteiger partial charge in [0.2, 0.25) is 0 Å². The molecule has 0 amide bonds. The average molecular weight is 274 g/mol. The topological polar surface area (TPSA) is 29.4 Å². The van der Waals surface area contributed by atoms with Crippen LogP contribution >= 0.6 is 15.9 Å². The van der Waals surface area contributed by atoms with Crippen molar-refractivity contribution in [2.75, 3.05) is 11.5 Å². The summed E-state index contributed by atoms with van der Waals surface area (Å²) in [5.41, 5.74) is 0.825. The fourth-order valence-electron chi connectivity index (χ4n) is 1.57. The molecule has 0 aromatic heterocycles. The Kier molecular flexibility index (Phi) is 2.93. The average Bonchev–Trinajstić information content (AvgIpc) is 2.51. The first-order valence-corrected chi connectivity index (χ1v) is 7.31. The molecule has 14 heavy (non-hydrogen) atoms. The largest absolute Gasteiger partial charge is 0.249 e. The van der Waals surface area contributed by atoms with Gasteiger partial charge in [-0.1, -0.05) is 22.0 Å². The van der Waals surface area contributed by atoms with E-state index in [2.05, 4.69) is 20.3 Å². The SMILES string of the molecule is O=S1(=Nc2cccc(Br)c2)CCCC1. The van der Waals surface area contributed by atoms with Gasteiger partial charge in [-0.3, -0.25) is 0 Å². The second kappa shape index (κ2) is 4.03. The molecule has 76 valence electrons. The van der Waals surface area contributed by atoms with Gasteiger partial charge in [0.15, 0.2) is 0 Å². The molecule has 1 heterocycles. The van der Waals surface area contributed by atoms with Crippen LogP contribution in [-0.2, 0) is 9.73 Å². The molecule has 2 nitrogen and oxygen atoms in total. The van der Waals surface area contributed by atoms with E-state index in [9.17, 15) is 4.21 Å². The second-order valence-corrected chi connectivity index (χ2v) is 6.92. The van der Waals surface area contributed by atoms with Gasteiger partial charge in [-0.25, -0.2) is 4.21 Å². The number of halogens is 1. The maximum atomic E-state index is 12.1. The highest BCUT2D eigenvalue weighted by atomic mass is 79.9. The number of rotatable bonds is 1. The van der Waals surface area contributed by atoms with Crippen molar-refractivity contribution in [3.8, 4) is 0 Å². The highest BCUT2D eigenvalue weighted by Crippen LogP contribution is 2.23. The first-order chi connectivity index (χ1) is 6.68. The molecule has 0 N–H and O–H groups in total. The number of hydrogen-bond donors (Lipinski definition) is 0. The van der Waals surface area contributed by atoms with Crippen molar-refractivity contribution in [1.82, 2.24) is 0 Å². The van der Waals surface area contributed by atoms with Crippen LogP contribution in [0.25, 0.3) is 0 Å². The van der Waals surface area contributed by atoms with Crippen LogP contribution in [0.4, 0.5) is 5.69 Å². The summed E-state index contributed by atoms with van der Waals surface area (Å²) in [7, 11) is -1.92. The molecule has 1 aromatic rings. The summed E-state index contributed by atoms with van der Waals surface area (Å²) in [6.45, 7) is 0. The molecule has 0 aliphatic carbocycles. The van der Waals surface area contributed by atoms with Gasteiger partial charge >= 0.3 is 0 Å². The minimum Gasteiger partial charge on any atom is -0.249 e. The predicted molar refractivity (Wildman–Crippen MR) is 63.3 cm³/mol. The molecule has 1 aliphatic rings. The molecule has 4 heteroatoms. The summed E-state index contributed by atoms with van der Waals surface area (Å²) in [6.07, 6.45) is 2.10. The Bertz CT molecular complexity index is 437. The molecule has 0 radical (unpaired) electrons. The van der Waals surface area contributed by atoms with Crippen LogP contribution in [0.5, 0.6) is 0 Å². The zero-order valence-corrected chi connectivity index (χ0v) is 10.2. The van der Waals surface area contributed by atoms with E-state index in [1.807, 2.05) is 24.3 Å². The summed E-state index contributed by atoms with van der Waals surface area (Å²) in [5, 5.41) is 0. The van der Waals surface area contributed by atoms with Crippen LogP contribution < -0.4 is 0 Å². The van der Waals surface area contributed by atoms with Gasteiger partial charge in [-0.15, -0.1) is 0 Å². The fraction of sp³-hybridized carbons (Fsp3) is 0.400. The Balaban J connectivity index is 2.37. The van der Waals surface area contributed by atoms with Crippen molar-refractivity contribution in [2.45, 2.75) is 12.8 Å². The van der Waals surface area contributed by atoms with E-state index in [4.69, 9.17) is 0 Å². The van der Waals surface area contributed by atoms with Gasteiger partial charge < -0.3 is 0 Å². The van der Waals surface area contributed by atoms with Gasteiger partial charge in [-0.05, 0) is 31.0 Å². The summed E-state index contributed by atoms with van der Waals surface area (Å²) >= 11 is 3.38. The third kappa shape index (κ3) is 2.36. The monoisotopic (exact) mass is 273 g/mol. The minimum atomic E-state index is -1.92. The number of nitrogens with zero attached hydrogens (tertiary/aromatic N) is 1. The molecule has 1 aromatic carbocycles. The molecular weight excluding hydrogens is 262 g/mol. The minimum absolute atomic E-state index is 0.763.